The maximum Gasteiger partial charge on any atom is 0.315 e. The Morgan fingerprint density at radius 3 is 2.96 bits per heavy atom. The molecule has 0 saturated carbocycles. The number of rotatable bonds is 4. The lowest BCUT2D eigenvalue weighted by Gasteiger charge is -2.27. The molecule has 1 heterocycles. The maximum atomic E-state index is 12.2. The van der Waals surface area contributed by atoms with E-state index in [-0.39, 0.29) is 12.1 Å². The van der Waals surface area contributed by atoms with Crippen LogP contribution in [0.1, 0.15) is 67.0 Å². The summed E-state index contributed by atoms with van der Waals surface area (Å²) in [4.78, 5) is 16.4. The SMILES string of the molecule is Cc1nc(CNC(=O)N[C@H]2CCCc3ccc(C(C)C)cc32)n[nH]1. The zero-order valence-corrected chi connectivity index (χ0v) is 14.5. The van der Waals surface area contributed by atoms with E-state index in [1.54, 1.807) is 0 Å². The van der Waals surface area contributed by atoms with Crippen LogP contribution in [0.4, 0.5) is 4.79 Å². The van der Waals surface area contributed by atoms with Crippen molar-refractivity contribution in [1.82, 2.24) is 25.8 Å². The van der Waals surface area contributed by atoms with Crippen molar-refractivity contribution in [1.29, 1.82) is 0 Å². The first-order chi connectivity index (χ1) is 11.5. The molecule has 1 atom stereocenters. The van der Waals surface area contributed by atoms with E-state index in [1.165, 1.54) is 16.7 Å². The summed E-state index contributed by atoms with van der Waals surface area (Å²) in [6.45, 7) is 6.54. The highest BCUT2D eigenvalue weighted by atomic mass is 16.2. The van der Waals surface area contributed by atoms with E-state index in [4.69, 9.17) is 0 Å². The van der Waals surface area contributed by atoms with Gasteiger partial charge in [-0.05, 0) is 48.8 Å². The summed E-state index contributed by atoms with van der Waals surface area (Å²) in [5.41, 5.74) is 3.93. The van der Waals surface area contributed by atoms with Crippen LogP contribution in [-0.2, 0) is 13.0 Å². The van der Waals surface area contributed by atoms with Crippen molar-refractivity contribution in [2.75, 3.05) is 0 Å². The number of hydrogen-bond donors (Lipinski definition) is 3. The second-order valence-corrected chi connectivity index (χ2v) is 6.72. The van der Waals surface area contributed by atoms with Gasteiger partial charge in [0.1, 0.15) is 5.82 Å². The summed E-state index contributed by atoms with van der Waals surface area (Å²) < 4.78 is 0. The summed E-state index contributed by atoms with van der Waals surface area (Å²) >= 11 is 0. The molecule has 0 bridgehead atoms. The number of fused-ring (bicyclic) bond motifs is 1. The number of nitrogens with zero attached hydrogens (tertiary/aromatic N) is 2. The van der Waals surface area contributed by atoms with Gasteiger partial charge in [-0.3, -0.25) is 5.10 Å². The number of urea groups is 1. The Morgan fingerprint density at radius 2 is 2.25 bits per heavy atom. The standard InChI is InChI=1S/C18H25N5O/c1-11(2)14-8-7-13-5-4-6-16(15(13)9-14)21-18(24)19-10-17-20-12(3)22-23-17/h7-9,11,16H,4-6,10H2,1-3H3,(H2,19,21,24)(H,20,22,23)/t16-/m0/s1. The molecule has 3 rings (SSSR count). The summed E-state index contributed by atoms with van der Waals surface area (Å²) in [5.74, 6) is 1.82. The third-order valence-electron chi connectivity index (χ3n) is 4.51. The molecular weight excluding hydrogens is 302 g/mol. The van der Waals surface area contributed by atoms with E-state index in [0.29, 0.717) is 18.3 Å². The maximum absolute atomic E-state index is 12.2. The van der Waals surface area contributed by atoms with Gasteiger partial charge in [0.15, 0.2) is 5.82 Å². The van der Waals surface area contributed by atoms with Crippen molar-refractivity contribution in [3.05, 3.63) is 46.5 Å². The van der Waals surface area contributed by atoms with Crippen molar-refractivity contribution in [3.63, 3.8) is 0 Å². The van der Waals surface area contributed by atoms with Crippen LogP contribution in [-0.4, -0.2) is 21.2 Å². The van der Waals surface area contributed by atoms with E-state index >= 15 is 0 Å². The van der Waals surface area contributed by atoms with Gasteiger partial charge in [-0.15, -0.1) is 0 Å². The zero-order chi connectivity index (χ0) is 17.1. The molecule has 1 aliphatic carbocycles. The normalized spacial score (nSPS) is 16.8. The summed E-state index contributed by atoms with van der Waals surface area (Å²) in [7, 11) is 0. The molecule has 0 spiro atoms. The monoisotopic (exact) mass is 327 g/mol. The molecule has 0 aliphatic heterocycles. The Bertz CT molecular complexity index is 722. The fraction of sp³-hybridized carbons (Fsp3) is 0.500. The number of carbonyl (C=O) groups is 1. The molecule has 0 radical (unpaired) electrons. The van der Waals surface area contributed by atoms with Crippen molar-refractivity contribution in [2.24, 2.45) is 0 Å². The van der Waals surface area contributed by atoms with Gasteiger partial charge in [0, 0.05) is 0 Å². The molecule has 2 aromatic rings. The highest BCUT2D eigenvalue weighted by Crippen LogP contribution is 2.32. The second kappa shape index (κ2) is 7.03. The number of nitrogens with one attached hydrogen (secondary N) is 3. The topological polar surface area (TPSA) is 82.7 Å². The Hall–Kier alpha value is -2.37. The Morgan fingerprint density at radius 1 is 1.42 bits per heavy atom. The van der Waals surface area contributed by atoms with Crippen LogP contribution < -0.4 is 10.6 Å². The Balaban J connectivity index is 1.65. The number of carbonyl (C=O) groups excluding carboxylic acids is 1. The average molecular weight is 327 g/mol. The molecule has 1 aliphatic rings. The molecule has 1 aromatic carbocycles. The van der Waals surface area contributed by atoms with E-state index in [2.05, 4.69) is 57.9 Å². The Labute approximate surface area is 142 Å². The highest BCUT2D eigenvalue weighted by molar-refractivity contribution is 5.74. The van der Waals surface area contributed by atoms with Crippen LogP contribution >= 0.6 is 0 Å². The first-order valence-electron chi connectivity index (χ1n) is 8.58. The van der Waals surface area contributed by atoms with Crippen molar-refractivity contribution in [3.8, 4) is 0 Å². The third kappa shape index (κ3) is 3.75. The van der Waals surface area contributed by atoms with E-state index in [1.807, 2.05) is 6.92 Å². The van der Waals surface area contributed by atoms with Crippen molar-refractivity contribution < 1.29 is 4.79 Å². The number of benzene rings is 1. The van der Waals surface area contributed by atoms with E-state index in [0.717, 1.165) is 25.1 Å². The summed E-state index contributed by atoms with van der Waals surface area (Å²) in [6, 6.07) is 6.57. The quantitative estimate of drug-likeness (QED) is 0.807. The molecule has 24 heavy (non-hydrogen) atoms. The van der Waals surface area contributed by atoms with Gasteiger partial charge >= 0.3 is 6.03 Å². The minimum Gasteiger partial charge on any atom is -0.331 e. The molecule has 0 fully saturated rings. The largest absolute Gasteiger partial charge is 0.331 e. The van der Waals surface area contributed by atoms with E-state index < -0.39 is 0 Å². The minimum atomic E-state index is -0.176. The van der Waals surface area contributed by atoms with Crippen LogP contribution in [0.3, 0.4) is 0 Å². The van der Waals surface area contributed by atoms with Crippen LogP contribution in [0.25, 0.3) is 0 Å². The third-order valence-corrected chi connectivity index (χ3v) is 4.51. The van der Waals surface area contributed by atoms with Crippen molar-refractivity contribution in [2.45, 2.75) is 58.5 Å². The zero-order valence-electron chi connectivity index (χ0n) is 14.5. The van der Waals surface area contributed by atoms with Gasteiger partial charge in [0.25, 0.3) is 0 Å². The fourth-order valence-electron chi connectivity index (χ4n) is 3.16. The molecule has 3 N–H and O–H groups in total. The molecule has 2 amide bonds. The van der Waals surface area contributed by atoms with Gasteiger partial charge in [-0.1, -0.05) is 32.0 Å². The fourth-order valence-corrected chi connectivity index (χ4v) is 3.16. The molecule has 6 heteroatoms. The first-order valence-corrected chi connectivity index (χ1v) is 8.58. The lowest BCUT2D eigenvalue weighted by molar-refractivity contribution is 0.235. The molecule has 1 aromatic heterocycles. The van der Waals surface area contributed by atoms with Crippen molar-refractivity contribution >= 4 is 6.03 Å². The number of amides is 2. The number of hydrogen-bond acceptors (Lipinski definition) is 3. The van der Waals surface area contributed by atoms with Crippen LogP contribution in [0.2, 0.25) is 0 Å². The summed E-state index contributed by atoms with van der Waals surface area (Å²) in [6.07, 6.45) is 3.16. The summed E-state index contributed by atoms with van der Waals surface area (Å²) in [5, 5.41) is 12.7. The van der Waals surface area contributed by atoms with Gasteiger partial charge < -0.3 is 10.6 Å². The minimum absolute atomic E-state index is 0.0707. The highest BCUT2D eigenvalue weighted by Gasteiger charge is 2.22. The lowest BCUT2D eigenvalue weighted by Crippen LogP contribution is -2.39. The predicted molar refractivity (Wildman–Crippen MR) is 92.7 cm³/mol. The van der Waals surface area contributed by atoms with Gasteiger partial charge in [0.05, 0.1) is 12.6 Å². The molecule has 128 valence electrons. The lowest BCUT2D eigenvalue weighted by atomic mass is 9.85. The number of aromatic nitrogens is 3. The average Bonchev–Trinajstić information content (AvgIpc) is 2.98. The predicted octanol–water partition coefficient (Wildman–Crippen LogP) is 3.11. The molecule has 0 saturated heterocycles. The molecular formula is C18H25N5O. The van der Waals surface area contributed by atoms with Gasteiger partial charge in [0.2, 0.25) is 0 Å². The van der Waals surface area contributed by atoms with Crippen LogP contribution in [0.5, 0.6) is 0 Å². The van der Waals surface area contributed by atoms with Gasteiger partial charge in [-0.2, -0.15) is 5.10 Å². The molecule has 6 nitrogen and oxygen atoms in total. The van der Waals surface area contributed by atoms with Crippen LogP contribution in [0.15, 0.2) is 18.2 Å². The number of aryl methyl sites for hydroxylation is 2. The number of H-pyrrole nitrogens is 1. The number of aromatic amines is 1. The second-order valence-electron chi connectivity index (χ2n) is 6.72. The first kappa shape index (κ1) is 16.5. The molecule has 0 unspecified atom stereocenters. The van der Waals surface area contributed by atoms with E-state index in [9.17, 15) is 4.79 Å². The smallest absolute Gasteiger partial charge is 0.315 e. The van der Waals surface area contributed by atoms with Crippen LogP contribution in [0, 0.1) is 6.92 Å². The Kier molecular flexibility index (Phi) is 4.83. The van der Waals surface area contributed by atoms with Gasteiger partial charge in [-0.25, -0.2) is 9.78 Å².